The molecule has 3 aromatic rings. The average Bonchev–Trinajstić information content (AvgIpc) is 2.94. The molecule has 5 nitrogen and oxygen atoms in total. The van der Waals surface area contributed by atoms with Gasteiger partial charge in [-0.05, 0) is 24.1 Å². The highest BCUT2D eigenvalue weighted by atomic mass is 16.3. The highest BCUT2D eigenvalue weighted by Crippen LogP contribution is 2.18. The van der Waals surface area contributed by atoms with E-state index in [1.165, 1.54) is 5.56 Å². The van der Waals surface area contributed by atoms with Gasteiger partial charge in [-0.1, -0.05) is 13.0 Å². The highest BCUT2D eigenvalue weighted by Gasteiger charge is 2.07. The van der Waals surface area contributed by atoms with Crippen LogP contribution >= 0.6 is 0 Å². The SMILES string of the molecule is CCc1ccc2oc(Cn3cc(N)cn3)nc2c1. The molecule has 2 aromatic heterocycles. The lowest BCUT2D eigenvalue weighted by molar-refractivity contribution is 0.491. The Hall–Kier alpha value is -2.30. The van der Waals surface area contributed by atoms with Gasteiger partial charge in [0.15, 0.2) is 5.58 Å². The Bertz CT molecular complexity index is 683. The Morgan fingerprint density at radius 1 is 1.39 bits per heavy atom. The minimum absolute atomic E-state index is 0.493. The van der Waals surface area contributed by atoms with E-state index >= 15 is 0 Å². The van der Waals surface area contributed by atoms with Gasteiger partial charge in [-0.3, -0.25) is 4.68 Å². The third-order valence-corrected chi connectivity index (χ3v) is 2.85. The van der Waals surface area contributed by atoms with Crippen molar-refractivity contribution < 1.29 is 4.42 Å². The van der Waals surface area contributed by atoms with Gasteiger partial charge in [0, 0.05) is 6.20 Å². The number of oxazole rings is 1. The van der Waals surface area contributed by atoms with E-state index < -0.39 is 0 Å². The third-order valence-electron chi connectivity index (χ3n) is 2.85. The summed E-state index contributed by atoms with van der Waals surface area (Å²) < 4.78 is 7.38. The molecule has 2 heterocycles. The van der Waals surface area contributed by atoms with Gasteiger partial charge < -0.3 is 10.2 Å². The molecule has 5 heteroatoms. The number of fused-ring (bicyclic) bond motifs is 1. The first kappa shape index (κ1) is 10.8. The molecule has 0 unspecified atom stereocenters. The van der Waals surface area contributed by atoms with Crippen molar-refractivity contribution in [1.29, 1.82) is 0 Å². The highest BCUT2D eigenvalue weighted by molar-refractivity contribution is 5.73. The Morgan fingerprint density at radius 2 is 2.28 bits per heavy atom. The van der Waals surface area contributed by atoms with Crippen molar-refractivity contribution in [2.75, 3.05) is 5.73 Å². The van der Waals surface area contributed by atoms with Gasteiger partial charge in [-0.25, -0.2) is 4.98 Å². The second-order valence-corrected chi connectivity index (χ2v) is 4.23. The van der Waals surface area contributed by atoms with Crippen LogP contribution in [0.3, 0.4) is 0 Å². The van der Waals surface area contributed by atoms with E-state index in [1.54, 1.807) is 17.1 Å². The molecule has 0 aliphatic carbocycles. The molecule has 0 aliphatic rings. The van der Waals surface area contributed by atoms with Gasteiger partial charge in [-0.15, -0.1) is 0 Å². The summed E-state index contributed by atoms with van der Waals surface area (Å²) in [4.78, 5) is 4.46. The number of nitrogen functional groups attached to an aromatic ring is 1. The lowest BCUT2D eigenvalue weighted by atomic mass is 10.1. The van der Waals surface area contributed by atoms with Crippen molar-refractivity contribution in [3.8, 4) is 0 Å². The number of hydrogen-bond donors (Lipinski definition) is 1. The first-order chi connectivity index (χ1) is 8.74. The number of nitrogens with zero attached hydrogens (tertiary/aromatic N) is 3. The van der Waals surface area contributed by atoms with Crippen LogP contribution in [0.25, 0.3) is 11.1 Å². The predicted octanol–water partition coefficient (Wildman–Crippen LogP) is 2.22. The van der Waals surface area contributed by atoms with Crippen molar-refractivity contribution in [1.82, 2.24) is 14.8 Å². The standard InChI is InChI=1S/C13H14N4O/c1-2-9-3-4-12-11(5-9)16-13(18-12)8-17-7-10(14)6-15-17/h3-7H,2,8,14H2,1H3. The molecule has 18 heavy (non-hydrogen) atoms. The molecule has 1 aromatic carbocycles. The smallest absolute Gasteiger partial charge is 0.217 e. The molecule has 0 radical (unpaired) electrons. The van der Waals surface area contributed by atoms with Gasteiger partial charge >= 0.3 is 0 Å². The van der Waals surface area contributed by atoms with Crippen molar-refractivity contribution in [2.45, 2.75) is 19.9 Å². The van der Waals surface area contributed by atoms with Crippen LogP contribution in [0.2, 0.25) is 0 Å². The van der Waals surface area contributed by atoms with E-state index in [2.05, 4.69) is 29.1 Å². The van der Waals surface area contributed by atoms with E-state index in [1.807, 2.05) is 6.07 Å². The number of aromatic nitrogens is 3. The van der Waals surface area contributed by atoms with Gasteiger partial charge in [0.1, 0.15) is 12.1 Å². The topological polar surface area (TPSA) is 69.9 Å². The molecule has 0 bridgehead atoms. The van der Waals surface area contributed by atoms with Crippen LogP contribution in [-0.4, -0.2) is 14.8 Å². The number of hydrogen-bond acceptors (Lipinski definition) is 4. The Morgan fingerprint density at radius 3 is 3.00 bits per heavy atom. The molecule has 92 valence electrons. The second-order valence-electron chi connectivity index (χ2n) is 4.23. The molecule has 2 N–H and O–H groups in total. The van der Waals surface area contributed by atoms with E-state index in [9.17, 15) is 0 Å². The first-order valence-electron chi connectivity index (χ1n) is 5.91. The van der Waals surface area contributed by atoms with Crippen LogP contribution in [0.15, 0.2) is 35.0 Å². The maximum absolute atomic E-state index is 5.67. The van der Waals surface area contributed by atoms with Gasteiger partial charge in [0.25, 0.3) is 0 Å². The molecule has 0 amide bonds. The molecule has 0 aliphatic heterocycles. The van der Waals surface area contributed by atoms with Crippen LogP contribution in [0.1, 0.15) is 18.4 Å². The summed E-state index contributed by atoms with van der Waals surface area (Å²) in [7, 11) is 0. The Kier molecular flexibility index (Phi) is 2.51. The van der Waals surface area contributed by atoms with E-state index in [0.29, 0.717) is 18.1 Å². The first-order valence-corrected chi connectivity index (χ1v) is 5.91. The summed E-state index contributed by atoms with van der Waals surface area (Å²) >= 11 is 0. The normalized spacial score (nSPS) is 11.2. The van der Waals surface area contributed by atoms with Crippen LogP contribution in [-0.2, 0) is 13.0 Å². The number of aryl methyl sites for hydroxylation is 1. The maximum atomic E-state index is 5.67. The lowest BCUT2D eigenvalue weighted by Gasteiger charge is -1.94. The molecule has 0 saturated heterocycles. The summed E-state index contributed by atoms with van der Waals surface area (Å²) in [5.41, 5.74) is 9.21. The number of rotatable bonds is 3. The summed E-state index contributed by atoms with van der Waals surface area (Å²) in [5.74, 6) is 0.640. The molecule has 0 fully saturated rings. The van der Waals surface area contributed by atoms with Gasteiger partial charge in [0.2, 0.25) is 5.89 Å². The summed E-state index contributed by atoms with van der Waals surface area (Å²) in [5, 5.41) is 4.11. The number of anilines is 1. The predicted molar refractivity (Wildman–Crippen MR) is 69.1 cm³/mol. The van der Waals surface area contributed by atoms with Crippen LogP contribution in [0.4, 0.5) is 5.69 Å². The van der Waals surface area contributed by atoms with Crippen molar-refractivity contribution in [3.63, 3.8) is 0 Å². The van der Waals surface area contributed by atoms with Crippen LogP contribution in [0.5, 0.6) is 0 Å². The van der Waals surface area contributed by atoms with E-state index in [-0.39, 0.29) is 0 Å². The van der Waals surface area contributed by atoms with Crippen molar-refractivity contribution >= 4 is 16.8 Å². The monoisotopic (exact) mass is 242 g/mol. The van der Waals surface area contributed by atoms with Crippen LogP contribution in [0, 0.1) is 0 Å². The Labute approximate surface area is 104 Å². The minimum atomic E-state index is 0.493. The lowest BCUT2D eigenvalue weighted by Crippen LogP contribution is -1.99. The Balaban J connectivity index is 1.93. The fourth-order valence-corrected chi connectivity index (χ4v) is 1.91. The molecule has 0 atom stereocenters. The zero-order valence-corrected chi connectivity index (χ0v) is 10.1. The van der Waals surface area contributed by atoms with Crippen LogP contribution < -0.4 is 5.73 Å². The van der Waals surface area contributed by atoms with Gasteiger partial charge in [0.05, 0.1) is 11.9 Å². The molecule has 3 rings (SSSR count). The van der Waals surface area contributed by atoms with E-state index in [0.717, 1.165) is 17.5 Å². The zero-order valence-electron chi connectivity index (χ0n) is 10.1. The summed E-state index contributed by atoms with van der Waals surface area (Å²) in [6.07, 6.45) is 4.36. The van der Waals surface area contributed by atoms with E-state index in [4.69, 9.17) is 10.2 Å². The van der Waals surface area contributed by atoms with Crippen molar-refractivity contribution in [2.24, 2.45) is 0 Å². The molecule has 0 saturated carbocycles. The number of nitrogens with two attached hydrogens (primary N) is 1. The fraction of sp³-hybridized carbons (Fsp3) is 0.231. The number of benzene rings is 1. The zero-order chi connectivity index (χ0) is 12.5. The third kappa shape index (κ3) is 1.95. The summed E-state index contributed by atoms with van der Waals surface area (Å²) in [6.45, 7) is 2.61. The largest absolute Gasteiger partial charge is 0.439 e. The van der Waals surface area contributed by atoms with Gasteiger partial charge in [-0.2, -0.15) is 5.10 Å². The molecular weight excluding hydrogens is 228 g/mol. The second kappa shape index (κ2) is 4.18. The minimum Gasteiger partial charge on any atom is -0.439 e. The molecule has 0 spiro atoms. The fourth-order valence-electron chi connectivity index (χ4n) is 1.91. The molecular formula is C13H14N4O. The average molecular weight is 242 g/mol. The maximum Gasteiger partial charge on any atom is 0.217 e. The van der Waals surface area contributed by atoms with Crippen molar-refractivity contribution in [3.05, 3.63) is 42.0 Å². The quantitative estimate of drug-likeness (QED) is 0.764. The summed E-state index contributed by atoms with van der Waals surface area (Å²) in [6, 6.07) is 6.07.